The van der Waals surface area contributed by atoms with E-state index in [1.165, 1.54) is 38.5 Å². The van der Waals surface area contributed by atoms with Crippen molar-refractivity contribution in [1.82, 2.24) is 4.58 Å². The summed E-state index contributed by atoms with van der Waals surface area (Å²) in [6.07, 6.45) is 5.97. The van der Waals surface area contributed by atoms with Crippen LogP contribution in [0.25, 0.3) is 6.08 Å². The van der Waals surface area contributed by atoms with E-state index in [0.717, 1.165) is 32.4 Å². The average molecular weight is 420 g/mol. The fraction of sp³-hybridized carbons (Fsp3) is 0.481. The highest BCUT2D eigenvalue weighted by atomic mass is 16.5. The fourth-order valence-electron chi connectivity index (χ4n) is 5.07. The van der Waals surface area contributed by atoms with E-state index in [-0.39, 0.29) is 11.4 Å². The second-order valence-corrected chi connectivity index (χ2v) is 9.50. The first-order chi connectivity index (χ1) is 14.8. The lowest BCUT2D eigenvalue weighted by molar-refractivity contribution is -0.143. The highest BCUT2D eigenvalue weighted by Gasteiger charge is 2.32. The monoisotopic (exact) mass is 419 g/mol. The van der Waals surface area contributed by atoms with E-state index in [4.69, 9.17) is 4.74 Å². The quantitative estimate of drug-likeness (QED) is 0.533. The summed E-state index contributed by atoms with van der Waals surface area (Å²) in [5.41, 5.74) is 6.71. The van der Waals surface area contributed by atoms with E-state index >= 15 is 0 Å². The number of benzene rings is 2. The molecule has 164 valence electrons. The number of fused-ring (bicyclic) bond motifs is 3. The molecule has 2 aliphatic rings. The van der Waals surface area contributed by atoms with Crippen molar-refractivity contribution in [3.05, 3.63) is 63.2 Å². The largest absolute Gasteiger partial charge is 0.466 e. The molecule has 4 heteroatoms. The highest BCUT2D eigenvalue weighted by Crippen LogP contribution is 2.36. The van der Waals surface area contributed by atoms with Crippen molar-refractivity contribution in [1.29, 1.82) is 0 Å². The molecule has 2 aromatic rings. The molecule has 0 fully saturated rings. The van der Waals surface area contributed by atoms with Gasteiger partial charge in [0.05, 0.1) is 13.0 Å². The summed E-state index contributed by atoms with van der Waals surface area (Å²) >= 11 is 0. The van der Waals surface area contributed by atoms with Crippen molar-refractivity contribution < 1.29 is 9.53 Å². The summed E-state index contributed by atoms with van der Waals surface area (Å²) in [5.74, 6) is -0.0887. The number of carbonyl (C=O) groups excluding carboxylic acids is 1. The molecule has 0 saturated carbocycles. The number of esters is 1. The Morgan fingerprint density at radius 1 is 1.16 bits per heavy atom. The maximum Gasteiger partial charge on any atom is 0.306 e. The maximum absolute atomic E-state index is 11.8. The Hall–Kier alpha value is -2.62. The lowest BCUT2D eigenvalue weighted by atomic mass is 9.71. The van der Waals surface area contributed by atoms with E-state index in [0.29, 0.717) is 13.0 Å². The molecule has 4 nitrogen and oxygen atoms in total. The lowest BCUT2D eigenvalue weighted by Crippen LogP contribution is -2.42. The molecule has 0 unspecified atom stereocenters. The predicted octanol–water partition coefficient (Wildman–Crippen LogP) is 3.00. The van der Waals surface area contributed by atoms with Gasteiger partial charge in [0.2, 0.25) is 5.36 Å². The van der Waals surface area contributed by atoms with Crippen LogP contribution in [0.3, 0.4) is 0 Å². The summed E-state index contributed by atoms with van der Waals surface area (Å²) < 4.78 is 7.57. The van der Waals surface area contributed by atoms with Crippen LogP contribution < -0.4 is 20.1 Å². The minimum Gasteiger partial charge on any atom is -0.466 e. The molecule has 31 heavy (non-hydrogen) atoms. The Labute approximate surface area is 185 Å². The molecule has 1 heterocycles. The van der Waals surface area contributed by atoms with Crippen LogP contribution in [0.1, 0.15) is 62.3 Å². The third kappa shape index (κ3) is 4.13. The van der Waals surface area contributed by atoms with Crippen molar-refractivity contribution in [2.75, 3.05) is 38.7 Å². The smallest absolute Gasteiger partial charge is 0.306 e. The van der Waals surface area contributed by atoms with Crippen LogP contribution in [0.2, 0.25) is 0 Å². The molecule has 0 atom stereocenters. The van der Waals surface area contributed by atoms with Crippen LogP contribution >= 0.6 is 0 Å². The Morgan fingerprint density at radius 3 is 2.71 bits per heavy atom. The standard InChI is InChI=1S/C27H35N2O2/c1-6-31-26(30)10-8-14-29-13-7-9-20-16-21-15-19-11-12-22(28(4)5)17-23(19)27(2,3)24(21)18-25(20)29/h11-12,15-18H,6-10,13-14H2,1-5H3/q+1. The molecule has 2 aromatic carbocycles. The third-order valence-corrected chi connectivity index (χ3v) is 6.79. The first kappa shape index (κ1) is 21.6. The van der Waals surface area contributed by atoms with E-state index in [1.54, 1.807) is 0 Å². The van der Waals surface area contributed by atoms with Gasteiger partial charge in [-0.3, -0.25) is 4.79 Å². The second kappa shape index (κ2) is 8.49. The number of carbonyl (C=O) groups is 1. The van der Waals surface area contributed by atoms with Gasteiger partial charge in [0.25, 0.3) is 0 Å². The molecule has 0 N–H and O–H groups in total. The number of ether oxygens (including phenoxy) is 1. The normalized spacial score (nSPS) is 16.0. The number of nitrogens with zero attached hydrogens (tertiary/aromatic N) is 2. The first-order valence-electron chi connectivity index (χ1n) is 11.6. The molecule has 1 aliphatic carbocycles. The lowest BCUT2D eigenvalue weighted by Gasteiger charge is -2.33. The molecule has 1 aliphatic heterocycles. The molecule has 0 aromatic heterocycles. The summed E-state index contributed by atoms with van der Waals surface area (Å²) in [6, 6.07) is 11.6. The molecular formula is C27H35N2O2+. The average Bonchev–Trinajstić information content (AvgIpc) is 2.73. The summed E-state index contributed by atoms with van der Waals surface area (Å²) in [5, 5.41) is 2.70. The van der Waals surface area contributed by atoms with Gasteiger partial charge < -0.3 is 9.64 Å². The van der Waals surface area contributed by atoms with E-state index in [2.05, 4.69) is 73.8 Å². The van der Waals surface area contributed by atoms with Crippen LogP contribution in [0.5, 0.6) is 0 Å². The van der Waals surface area contributed by atoms with Gasteiger partial charge in [-0.15, -0.1) is 0 Å². The zero-order valence-electron chi connectivity index (χ0n) is 19.6. The molecule has 4 rings (SSSR count). The molecule has 0 radical (unpaired) electrons. The topological polar surface area (TPSA) is 32.6 Å². The van der Waals surface area contributed by atoms with Gasteiger partial charge in [0, 0.05) is 49.7 Å². The Morgan fingerprint density at radius 2 is 1.97 bits per heavy atom. The summed E-state index contributed by atoms with van der Waals surface area (Å²) in [7, 11) is 4.19. The maximum atomic E-state index is 11.8. The van der Waals surface area contributed by atoms with E-state index < -0.39 is 0 Å². The minimum atomic E-state index is -0.0887. The van der Waals surface area contributed by atoms with Gasteiger partial charge in [-0.05, 0) is 59.5 Å². The van der Waals surface area contributed by atoms with Crippen LogP contribution in [-0.4, -0.2) is 39.8 Å². The molecule has 0 spiro atoms. The first-order valence-corrected chi connectivity index (χ1v) is 11.6. The third-order valence-electron chi connectivity index (χ3n) is 6.79. The fourth-order valence-corrected chi connectivity index (χ4v) is 5.07. The molecule has 0 amide bonds. The molecule has 0 bridgehead atoms. The summed E-state index contributed by atoms with van der Waals surface area (Å²) in [4.78, 5) is 13.9. The van der Waals surface area contributed by atoms with E-state index in [1.807, 2.05) is 6.92 Å². The summed E-state index contributed by atoms with van der Waals surface area (Å²) in [6.45, 7) is 8.96. The number of anilines is 1. The van der Waals surface area contributed by atoms with Gasteiger partial charge >= 0.3 is 5.97 Å². The second-order valence-electron chi connectivity index (χ2n) is 9.50. The Balaban J connectivity index is 1.76. The van der Waals surface area contributed by atoms with Crippen molar-refractivity contribution in [2.24, 2.45) is 0 Å². The zero-order valence-corrected chi connectivity index (χ0v) is 19.6. The predicted molar refractivity (Wildman–Crippen MR) is 127 cm³/mol. The van der Waals surface area contributed by atoms with Gasteiger partial charge in [-0.25, -0.2) is 4.58 Å². The van der Waals surface area contributed by atoms with Crippen LogP contribution in [0, 0.1) is 0 Å². The van der Waals surface area contributed by atoms with Crippen molar-refractivity contribution >= 4 is 17.7 Å². The van der Waals surface area contributed by atoms with Crippen LogP contribution in [-0.2, 0) is 21.4 Å². The molecule has 0 saturated heterocycles. The number of hydrogen-bond acceptors (Lipinski definition) is 3. The Kier molecular flexibility index (Phi) is 5.92. The Bertz CT molecular complexity index is 1130. The number of aryl methyl sites for hydroxylation is 1. The number of rotatable bonds is 6. The van der Waals surface area contributed by atoms with Gasteiger partial charge in [-0.2, -0.15) is 0 Å². The van der Waals surface area contributed by atoms with Gasteiger partial charge in [0.1, 0.15) is 13.1 Å². The highest BCUT2D eigenvalue weighted by molar-refractivity contribution is 5.69. The van der Waals surface area contributed by atoms with Crippen LogP contribution in [0.15, 0.2) is 30.3 Å². The van der Waals surface area contributed by atoms with Crippen molar-refractivity contribution in [3.8, 4) is 0 Å². The van der Waals surface area contributed by atoms with Crippen LogP contribution in [0.4, 0.5) is 5.69 Å². The number of hydrogen-bond donors (Lipinski definition) is 0. The van der Waals surface area contributed by atoms with Crippen molar-refractivity contribution in [2.45, 2.75) is 51.9 Å². The molecular weight excluding hydrogens is 384 g/mol. The van der Waals surface area contributed by atoms with Gasteiger partial charge in [-0.1, -0.05) is 19.9 Å². The van der Waals surface area contributed by atoms with Crippen molar-refractivity contribution in [3.63, 3.8) is 0 Å². The minimum absolute atomic E-state index is 0.0610. The zero-order chi connectivity index (χ0) is 22.2. The van der Waals surface area contributed by atoms with Gasteiger partial charge in [0.15, 0.2) is 0 Å². The van der Waals surface area contributed by atoms with E-state index in [9.17, 15) is 4.79 Å². The SMILES string of the molecule is CCOC(=O)CCC[N+]1=c2cc3c(cc2CCC1)=Cc1ccc(N(C)C)cc1C3(C)C.